The predicted molar refractivity (Wildman–Crippen MR) is 76.1 cm³/mol. The predicted octanol–water partition coefficient (Wildman–Crippen LogP) is 1.81. The van der Waals surface area contributed by atoms with Gasteiger partial charge >= 0.3 is 0 Å². The molecule has 0 unspecified atom stereocenters. The Morgan fingerprint density at radius 1 is 1.44 bits per heavy atom. The highest BCUT2D eigenvalue weighted by Gasteiger charge is 2.05. The summed E-state index contributed by atoms with van der Waals surface area (Å²) in [6.07, 6.45) is 0. The van der Waals surface area contributed by atoms with Crippen molar-refractivity contribution in [1.82, 2.24) is 9.88 Å². The van der Waals surface area contributed by atoms with E-state index >= 15 is 0 Å². The Bertz CT molecular complexity index is 368. The minimum Gasteiger partial charge on any atom is -0.476 e. The monoisotopic (exact) mass is 252 g/mol. The zero-order valence-electron chi connectivity index (χ0n) is 11.7. The minimum atomic E-state index is 0.500. The van der Waals surface area contributed by atoms with Gasteiger partial charge in [-0.05, 0) is 40.0 Å². The van der Waals surface area contributed by atoms with Gasteiger partial charge < -0.3 is 20.7 Å². The van der Waals surface area contributed by atoms with Gasteiger partial charge in [-0.25, -0.2) is 0 Å². The van der Waals surface area contributed by atoms with E-state index in [1.54, 1.807) is 0 Å². The average molecular weight is 252 g/mol. The van der Waals surface area contributed by atoms with Crippen LogP contribution in [0.1, 0.15) is 20.8 Å². The van der Waals surface area contributed by atoms with E-state index < -0.39 is 0 Å². The largest absolute Gasteiger partial charge is 0.476 e. The van der Waals surface area contributed by atoms with Crippen LogP contribution in [0.15, 0.2) is 12.1 Å². The summed E-state index contributed by atoms with van der Waals surface area (Å²) in [5, 5.41) is 3.27. The van der Waals surface area contributed by atoms with E-state index in [1.807, 2.05) is 19.1 Å². The molecule has 0 aromatic carbocycles. The second kappa shape index (κ2) is 7.06. The molecule has 1 rings (SSSR count). The van der Waals surface area contributed by atoms with Gasteiger partial charge in [-0.3, -0.25) is 0 Å². The van der Waals surface area contributed by atoms with E-state index in [-0.39, 0.29) is 0 Å². The highest BCUT2D eigenvalue weighted by Crippen LogP contribution is 2.20. The Hall–Kier alpha value is -1.49. The maximum atomic E-state index is 5.77. The summed E-state index contributed by atoms with van der Waals surface area (Å²) in [5.74, 6) is 1.30. The molecule has 102 valence electrons. The van der Waals surface area contributed by atoms with Crippen LogP contribution in [0.5, 0.6) is 5.88 Å². The lowest BCUT2D eigenvalue weighted by Gasteiger charge is -2.21. The molecule has 18 heavy (non-hydrogen) atoms. The molecule has 1 aromatic rings. The topological polar surface area (TPSA) is 63.4 Å². The van der Waals surface area contributed by atoms with Gasteiger partial charge in [0.2, 0.25) is 5.88 Å². The van der Waals surface area contributed by atoms with Crippen LogP contribution in [0.2, 0.25) is 0 Å². The fourth-order valence-electron chi connectivity index (χ4n) is 1.42. The first-order chi connectivity index (χ1) is 8.54. The summed E-state index contributed by atoms with van der Waals surface area (Å²) in [4.78, 5) is 6.60. The molecule has 0 aliphatic carbocycles. The second-order valence-corrected chi connectivity index (χ2v) is 4.53. The first-order valence-corrected chi connectivity index (χ1v) is 6.38. The number of hydrogen-bond acceptors (Lipinski definition) is 5. The number of nitrogens with two attached hydrogens (primary N) is 1. The number of anilines is 2. The van der Waals surface area contributed by atoms with Crippen LogP contribution in [-0.4, -0.2) is 42.7 Å². The summed E-state index contributed by atoms with van der Waals surface area (Å²) in [7, 11) is 2.11. The van der Waals surface area contributed by atoms with Crippen LogP contribution < -0.4 is 15.8 Å². The number of aromatic nitrogens is 1. The van der Waals surface area contributed by atoms with E-state index in [0.717, 1.165) is 18.9 Å². The number of nitrogens with zero attached hydrogens (tertiary/aromatic N) is 2. The number of ether oxygens (including phenoxy) is 1. The zero-order chi connectivity index (χ0) is 13.5. The molecule has 0 fully saturated rings. The van der Waals surface area contributed by atoms with Crippen LogP contribution >= 0.6 is 0 Å². The lowest BCUT2D eigenvalue weighted by Crippen LogP contribution is -2.31. The van der Waals surface area contributed by atoms with Crippen LogP contribution in [0, 0.1) is 0 Å². The van der Waals surface area contributed by atoms with Crippen molar-refractivity contribution in [2.75, 3.05) is 37.8 Å². The van der Waals surface area contributed by atoms with Crippen molar-refractivity contribution in [2.24, 2.45) is 0 Å². The highest BCUT2D eigenvalue weighted by molar-refractivity contribution is 5.53. The van der Waals surface area contributed by atoms with Gasteiger partial charge in [0, 0.05) is 19.1 Å². The molecule has 1 heterocycles. The third-order valence-corrected chi connectivity index (χ3v) is 2.82. The van der Waals surface area contributed by atoms with Crippen molar-refractivity contribution in [1.29, 1.82) is 0 Å². The smallest absolute Gasteiger partial charge is 0.239 e. The van der Waals surface area contributed by atoms with Gasteiger partial charge in [-0.1, -0.05) is 0 Å². The van der Waals surface area contributed by atoms with Gasteiger partial charge in [0.25, 0.3) is 0 Å². The number of hydrogen-bond donors (Lipinski definition) is 2. The van der Waals surface area contributed by atoms with Crippen LogP contribution in [-0.2, 0) is 0 Å². The first kappa shape index (κ1) is 14.6. The Morgan fingerprint density at radius 3 is 2.78 bits per heavy atom. The fraction of sp³-hybridized carbons (Fsp3) is 0.615. The Kier molecular flexibility index (Phi) is 5.71. The molecule has 0 bridgehead atoms. The SMILES string of the molecule is CCOc1nc(NCCN(C)C(C)C)ccc1N. The van der Waals surface area contributed by atoms with Crippen LogP contribution in [0.4, 0.5) is 11.5 Å². The van der Waals surface area contributed by atoms with Crippen molar-refractivity contribution in [3.05, 3.63) is 12.1 Å². The van der Waals surface area contributed by atoms with E-state index in [9.17, 15) is 0 Å². The minimum absolute atomic E-state index is 0.500. The molecule has 0 saturated carbocycles. The van der Waals surface area contributed by atoms with Crippen molar-refractivity contribution < 1.29 is 4.74 Å². The van der Waals surface area contributed by atoms with E-state index in [1.165, 1.54) is 0 Å². The molecule has 3 N–H and O–H groups in total. The molecular formula is C13H24N4O. The molecule has 0 amide bonds. The highest BCUT2D eigenvalue weighted by atomic mass is 16.5. The van der Waals surface area contributed by atoms with Gasteiger partial charge in [0.05, 0.1) is 12.3 Å². The van der Waals surface area contributed by atoms with Crippen LogP contribution in [0.25, 0.3) is 0 Å². The molecule has 1 aromatic heterocycles. The van der Waals surface area contributed by atoms with Gasteiger partial charge in [0.15, 0.2) is 0 Å². The van der Waals surface area contributed by atoms with Crippen molar-refractivity contribution in [3.8, 4) is 5.88 Å². The quantitative estimate of drug-likeness (QED) is 0.775. The number of nitrogen functional groups attached to an aromatic ring is 1. The molecule has 5 nitrogen and oxygen atoms in total. The molecule has 0 radical (unpaired) electrons. The van der Waals surface area contributed by atoms with E-state index in [2.05, 4.69) is 36.1 Å². The Balaban J connectivity index is 2.50. The summed E-state index contributed by atoms with van der Waals surface area (Å²) in [5.41, 5.74) is 6.34. The molecule has 5 heteroatoms. The molecule has 0 aliphatic heterocycles. The lowest BCUT2D eigenvalue weighted by molar-refractivity contribution is 0.284. The van der Waals surface area contributed by atoms with Gasteiger partial charge in [-0.15, -0.1) is 0 Å². The van der Waals surface area contributed by atoms with Crippen LogP contribution in [0.3, 0.4) is 0 Å². The van der Waals surface area contributed by atoms with Crippen molar-refractivity contribution >= 4 is 11.5 Å². The molecular weight excluding hydrogens is 228 g/mol. The number of pyridine rings is 1. The maximum Gasteiger partial charge on any atom is 0.239 e. The van der Waals surface area contributed by atoms with E-state index in [4.69, 9.17) is 10.5 Å². The number of likely N-dealkylation sites (N-methyl/N-ethyl adjacent to an activating group) is 1. The molecule has 0 saturated heterocycles. The standard InChI is InChI=1S/C13H24N4O/c1-5-18-13-11(14)6-7-12(16-13)15-8-9-17(4)10(2)3/h6-7,10H,5,8-9,14H2,1-4H3,(H,15,16). The Morgan fingerprint density at radius 2 is 2.17 bits per heavy atom. The normalized spacial score (nSPS) is 11.0. The lowest BCUT2D eigenvalue weighted by atomic mass is 10.3. The molecule has 0 atom stereocenters. The summed E-state index contributed by atoms with van der Waals surface area (Å²) >= 11 is 0. The van der Waals surface area contributed by atoms with Crippen molar-refractivity contribution in [2.45, 2.75) is 26.8 Å². The summed E-state index contributed by atoms with van der Waals surface area (Å²) < 4.78 is 5.36. The summed E-state index contributed by atoms with van der Waals surface area (Å²) in [6.45, 7) is 8.64. The van der Waals surface area contributed by atoms with E-state index in [0.29, 0.717) is 24.2 Å². The number of rotatable bonds is 7. The second-order valence-electron chi connectivity index (χ2n) is 4.53. The molecule has 0 aliphatic rings. The van der Waals surface area contributed by atoms with Gasteiger partial charge in [0.1, 0.15) is 5.82 Å². The van der Waals surface area contributed by atoms with Gasteiger partial charge in [-0.2, -0.15) is 4.98 Å². The average Bonchev–Trinajstić information content (AvgIpc) is 2.33. The Labute approximate surface area is 109 Å². The van der Waals surface area contributed by atoms with Crippen molar-refractivity contribution in [3.63, 3.8) is 0 Å². The third kappa shape index (κ3) is 4.41. The zero-order valence-corrected chi connectivity index (χ0v) is 11.7. The molecule has 0 spiro atoms. The fourth-order valence-corrected chi connectivity index (χ4v) is 1.42. The number of nitrogens with one attached hydrogen (secondary N) is 1. The summed E-state index contributed by atoms with van der Waals surface area (Å²) in [6, 6.07) is 4.23. The maximum absolute atomic E-state index is 5.77. The third-order valence-electron chi connectivity index (χ3n) is 2.82. The first-order valence-electron chi connectivity index (χ1n) is 6.38.